The number of nitrogens with one attached hydrogen (secondary N) is 2. The van der Waals surface area contributed by atoms with Crippen LogP contribution >= 0.6 is 0 Å². The highest BCUT2D eigenvalue weighted by atomic mass is 19.1. The van der Waals surface area contributed by atoms with E-state index in [1.54, 1.807) is 11.0 Å². The van der Waals surface area contributed by atoms with Crippen LogP contribution in [0.3, 0.4) is 0 Å². The SMILES string of the molecule is O=C(N[C@H](C(=O)NC1CC1)C1CCN(C(=O)c2ccccc2F)CC1)c1ccc(F)cc1. The van der Waals surface area contributed by atoms with E-state index < -0.39 is 23.6 Å². The molecule has 2 N–H and O–H groups in total. The van der Waals surface area contributed by atoms with Gasteiger partial charge in [-0.3, -0.25) is 14.4 Å². The van der Waals surface area contributed by atoms with E-state index in [-0.39, 0.29) is 34.9 Å². The summed E-state index contributed by atoms with van der Waals surface area (Å²) < 4.78 is 27.2. The zero-order chi connectivity index (χ0) is 22.7. The normalized spacial score (nSPS) is 17.5. The smallest absolute Gasteiger partial charge is 0.256 e. The predicted octanol–water partition coefficient (Wildman–Crippen LogP) is 2.89. The molecule has 32 heavy (non-hydrogen) atoms. The van der Waals surface area contributed by atoms with Gasteiger partial charge in [0.05, 0.1) is 5.56 Å². The van der Waals surface area contributed by atoms with E-state index in [1.165, 1.54) is 42.5 Å². The molecule has 1 saturated carbocycles. The molecule has 0 aromatic heterocycles. The van der Waals surface area contributed by atoms with Crippen LogP contribution in [-0.4, -0.2) is 47.8 Å². The molecule has 0 bridgehead atoms. The molecule has 168 valence electrons. The van der Waals surface area contributed by atoms with Crippen LogP contribution < -0.4 is 10.6 Å². The lowest BCUT2D eigenvalue weighted by Gasteiger charge is -2.36. The predicted molar refractivity (Wildman–Crippen MR) is 114 cm³/mol. The maximum atomic E-state index is 14.0. The van der Waals surface area contributed by atoms with Crippen LogP contribution in [0.1, 0.15) is 46.4 Å². The highest BCUT2D eigenvalue weighted by Crippen LogP contribution is 2.25. The quantitative estimate of drug-likeness (QED) is 0.724. The van der Waals surface area contributed by atoms with Gasteiger partial charge in [-0.05, 0) is 68.0 Å². The Morgan fingerprint density at radius 2 is 1.56 bits per heavy atom. The molecule has 0 unspecified atom stereocenters. The van der Waals surface area contributed by atoms with Crippen LogP contribution in [0.2, 0.25) is 0 Å². The molecular formula is C24H25F2N3O3. The van der Waals surface area contributed by atoms with Crippen molar-refractivity contribution in [1.29, 1.82) is 0 Å². The molecule has 2 aliphatic rings. The number of halogens is 2. The molecule has 3 amide bonds. The van der Waals surface area contributed by atoms with Crippen molar-refractivity contribution in [3.63, 3.8) is 0 Å². The Hall–Kier alpha value is -3.29. The fraction of sp³-hybridized carbons (Fsp3) is 0.375. The topological polar surface area (TPSA) is 78.5 Å². The first kappa shape index (κ1) is 21.9. The van der Waals surface area contributed by atoms with Gasteiger partial charge in [-0.1, -0.05) is 12.1 Å². The minimum absolute atomic E-state index is 0.0265. The second kappa shape index (κ2) is 9.46. The van der Waals surface area contributed by atoms with Gasteiger partial charge in [-0.25, -0.2) is 8.78 Å². The molecule has 0 spiro atoms. The molecule has 6 nitrogen and oxygen atoms in total. The number of nitrogens with zero attached hydrogens (tertiary/aromatic N) is 1. The molecule has 1 atom stereocenters. The Bertz CT molecular complexity index is 1000. The Morgan fingerprint density at radius 3 is 2.19 bits per heavy atom. The van der Waals surface area contributed by atoms with Crippen LogP contribution in [0.5, 0.6) is 0 Å². The molecule has 4 rings (SSSR count). The first-order valence-electron chi connectivity index (χ1n) is 10.8. The van der Waals surface area contributed by atoms with Crippen molar-refractivity contribution in [2.75, 3.05) is 13.1 Å². The van der Waals surface area contributed by atoms with E-state index >= 15 is 0 Å². The fourth-order valence-electron chi connectivity index (χ4n) is 3.98. The van der Waals surface area contributed by atoms with Crippen molar-refractivity contribution in [2.45, 2.75) is 37.8 Å². The van der Waals surface area contributed by atoms with Gasteiger partial charge in [-0.15, -0.1) is 0 Å². The molecule has 1 aliphatic heterocycles. The Morgan fingerprint density at radius 1 is 0.906 bits per heavy atom. The van der Waals surface area contributed by atoms with Crippen LogP contribution in [0.25, 0.3) is 0 Å². The third kappa shape index (κ3) is 5.12. The van der Waals surface area contributed by atoms with E-state index in [2.05, 4.69) is 10.6 Å². The molecule has 1 heterocycles. The maximum absolute atomic E-state index is 14.0. The summed E-state index contributed by atoms with van der Waals surface area (Å²) in [6.07, 6.45) is 2.82. The Balaban J connectivity index is 1.43. The summed E-state index contributed by atoms with van der Waals surface area (Å²) in [5.74, 6) is -2.27. The Labute approximate surface area is 185 Å². The number of likely N-dealkylation sites (tertiary alicyclic amines) is 1. The van der Waals surface area contributed by atoms with Crippen LogP contribution in [0.15, 0.2) is 48.5 Å². The second-order valence-electron chi connectivity index (χ2n) is 8.35. The second-order valence-corrected chi connectivity index (χ2v) is 8.35. The molecule has 8 heteroatoms. The minimum atomic E-state index is -0.765. The number of hydrogen-bond acceptors (Lipinski definition) is 3. The van der Waals surface area contributed by atoms with Gasteiger partial charge in [0, 0.05) is 24.7 Å². The highest BCUT2D eigenvalue weighted by molar-refractivity contribution is 5.98. The van der Waals surface area contributed by atoms with Gasteiger partial charge in [0.15, 0.2) is 0 Å². The number of benzene rings is 2. The molecule has 0 radical (unpaired) electrons. The summed E-state index contributed by atoms with van der Waals surface area (Å²) in [5.41, 5.74) is 0.293. The van der Waals surface area contributed by atoms with Gasteiger partial charge < -0.3 is 15.5 Å². The standard InChI is InChI=1S/C24H25F2N3O3/c25-17-7-5-16(6-8-17)22(30)28-21(23(31)27-18-9-10-18)15-11-13-29(14-12-15)24(32)19-3-1-2-4-20(19)26/h1-8,15,18,21H,9-14H2,(H,27,31)(H,28,30)/t21-/m0/s1. The number of hydrogen-bond donors (Lipinski definition) is 2. The third-order valence-corrected chi connectivity index (χ3v) is 6.00. The van der Waals surface area contributed by atoms with E-state index in [1.807, 2.05) is 0 Å². The average molecular weight is 441 g/mol. The van der Waals surface area contributed by atoms with E-state index in [9.17, 15) is 23.2 Å². The van der Waals surface area contributed by atoms with E-state index in [4.69, 9.17) is 0 Å². The lowest BCUT2D eigenvalue weighted by molar-refractivity contribution is -0.124. The first-order chi connectivity index (χ1) is 15.4. The number of rotatable bonds is 6. The molecule has 2 aromatic carbocycles. The lowest BCUT2D eigenvalue weighted by atomic mass is 9.88. The Kier molecular flexibility index (Phi) is 6.48. The van der Waals surface area contributed by atoms with E-state index in [0.29, 0.717) is 25.9 Å². The summed E-state index contributed by atoms with van der Waals surface area (Å²) in [4.78, 5) is 39.8. The number of piperidine rings is 1. The average Bonchev–Trinajstić information content (AvgIpc) is 3.62. The number of amides is 3. The lowest BCUT2D eigenvalue weighted by Crippen LogP contribution is -2.54. The van der Waals surface area contributed by atoms with Gasteiger partial charge in [0.2, 0.25) is 5.91 Å². The zero-order valence-corrected chi connectivity index (χ0v) is 17.5. The summed E-state index contributed by atoms with van der Waals surface area (Å²) in [6.45, 7) is 0.717. The molecule has 1 saturated heterocycles. The van der Waals surface area contributed by atoms with Crippen LogP contribution in [0, 0.1) is 17.6 Å². The number of carbonyl (C=O) groups is 3. The third-order valence-electron chi connectivity index (χ3n) is 6.00. The van der Waals surface area contributed by atoms with Crippen LogP contribution in [0.4, 0.5) is 8.78 Å². The van der Waals surface area contributed by atoms with Gasteiger partial charge in [0.25, 0.3) is 11.8 Å². The summed E-state index contributed by atoms with van der Waals surface area (Å²) in [6, 6.07) is 10.4. The molecule has 2 aromatic rings. The fourth-order valence-corrected chi connectivity index (χ4v) is 3.98. The molecule has 1 aliphatic carbocycles. The van der Waals surface area contributed by atoms with Crippen molar-refractivity contribution >= 4 is 17.7 Å². The molecular weight excluding hydrogens is 416 g/mol. The zero-order valence-electron chi connectivity index (χ0n) is 17.5. The van der Waals surface area contributed by atoms with Crippen molar-refractivity contribution in [3.05, 3.63) is 71.3 Å². The van der Waals surface area contributed by atoms with Crippen molar-refractivity contribution < 1.29 is 23.2 Å². The maximum Gasteiger partial charge on any atom is 0.256 e. The largest absolute Gasteiger partial charge is 0.352 e. The van der Waals surface area contributed by atoms with E-state index in [0.717, 1.165) is 12.8 Å². The summed E-state index contributed by atoms with van der Waals surface area (Å²) in [5, 5.41) is 5.74. The number of carbonyl (C=O) groups excluding carboxylic acids is 3. The van der Waals surface area contributed by atoms with Crippen molar-refractivity contribution in [1.82, 2.24) is 15.5 Å². The van der Waals surface area contributed by atoms with Gasteiger partial charge in [0.1, 0.15) is 17.7 Å². The van der Waals surface area contributed by atoms with Crippen molar-refractivity contribution in [3.8, 4) is 0 Å². The van der Waals surface area contributed by atoms with Crippen LogP contribution in [-0.2, 0) is 4.79 Å². The van der Waals surface area contributed by atoms with Gasteiger partial charge in [-0.2, -0.15) is 0 Å². The minimum Gasteiger partial charge on any atom is -0.352 e. The van der Waals surface area contributed by atoms with Crippen molar-refractivity contribution in [2.24, 2.45) is 5.92 Å². The summed E-state index contributed by atoms with van der Waals surface area (Å²) in [7, 11) is 0. The van der Waals surface area contributed by atoms with Gasteiger partial charge >= 0.3 is 0 Å². The monoisotopic (exact) mass is 441 g/mol. The summed E-state index contributed by atoms with van der Waals surface area (Å²) >= 11 is 0. The first-order valence-corrected chi connectivity index (χ1v) is 10.8. The highest BCUT2D eigenvalue weighted by Gasteiger charge is 2.36. The molecule has 2 fully saturated rings.